The molecule has 2 aromatic heterocycles. The number of nitrogens with one attached hydrogen (secondary N) is 1. The fourth-order valence-electron chi connectivity index (χ4n) is 5.20. The summed E-state index contributed by atoms with van der Waals surface area (Å²) in [5.74, 6) is -0.463. The van der Waals surface area contributed by atoms with Crippen molar-refractivity contribution in [1.82, 2.24) is 19.5 Å². The standard InChI is InChI=1S/C19H20FN5O/c20-11-4-13(17(21)26)16-15(5-11)23-18-14(7-22-25(16)18)19-6-10(19)8-24(9-19)12-2-1-3-12/h4-5,7,10,12,22H,1-3,6,8-9H2,(H2,21,26). The van der Waals surface area contributed by atoms with E-state index >= 15 is 0 Å². The van der Waals surface area contributed by atoms with Gasteiger partial charge in [-0.1, -0.05) is 6.42 Å². The van der Waals surface area contributed by atoms with Crippen molar-refractivity contribution >= 4 is 22.6 Å². The van der Waals surface area contributed by atoms with Gasteiger partial charge in [-0.3, -0.25) is 14.8 Å². The number of carbonyl (C=O) groups is 1. The molecule has 0 spiro atoms. The smallest absolute Gasteiger partial charge is 0.251 e. The van der Waals surface area contributed by atoms with Crippen molar-refractivity contribution < 1.29 is 9.18 Å². The van der Waals surface area contributed by atoms with Crippen LogP contribution in [0.25, 0.3) is 16.7 Å². The SMILES string of the molecule is NC(=O)c1cc(F)cc2nc3c(C45CC4CN(C4CCC4)C5)c[nH]n3c12. The van der Waals surface area contributed by atoms with Crippen LogP contribution in [0.4, 0.5) is 4.39 Å². The van der Waals surface area contributed by atoms with Crippen LogP contribution in [0.3, 0.4) is 0 Å². The van der Waals surface area contributed by atoms with Crippen molar-refractivity contribution in [3.8, 4) is 0 Å². The van der Waals surface area contributed by atoms with Crippen LogP contribution in [-0.2, 0) is 5.41 Å². The molecule has 6 rings (SSSR count). The van der Waals surface area contributed by atoms with Crippen molar-refractivity contribution in [2.75, 3.05) is 13.1 Å². The lowest BCUT2D eigenvalue weighted by molar-refractivity contribution is 0.100. The zero-order valence-corrected chi connectivity index (χ0v) is 14.3. The summed E-state index contributed by atoms with van der Waals surface area (Å²) >= 11 is 0. The highest BCUT2D eigenvalue weighted by Crippen LogP contribution is 2.60. The molecular formula is C19H20FN5O. The molecule has 3 aliphatic rings. The second-order valence-corrected chi connectivity index (χ2v) is 8.21. The summed E-state index contributed by atoms with van der Waals surface area (Å²) in [4.78, 5) is 19.1. The van der Waals surface area contributed by atoms with Gasteiger partial charge >= 0.3 is 0 Å². The number of imidazole rings is 1. The molecule has 26 heavy (non-hydrogen) atoms. The maximum Gasteiger partial charge on any atom is 0.251 e. The van der Waals surface area contributed by atoms with E-state index in [0.29, 0.717) is 17.0 Å². The number of benzene rings is 1. The highest BCUT2D eigenvalue weighted by molar-refractivity contribution is 6.05. The van der Waals surface area contributed by atoms with Crippen LogP contribution in [0.2, 0.25) is 0 Å². The average Bonchev–Trinajstić information content (AvgIpc) is 2.87. The quantitative estimate of drug-likeness (QED) is 0.757. The van der Waals surface area contributed by atoms with E-state index in [2.05, 4.69) is 15.0 Å². The number of hydrogen-bond donors (Lipinski definition) is 2. The molecule has 3 aromatic rings. The van der Waals surface area contributed by atoms with Crippen LogP contribution < -0.4 is 5.73 Å². The summed E-state index contributed by atoms with van der Waals surface area (Å²) < 4.78 is 15.7. The Morgan fingerprint density at radius 3 is 2.96 bits per heavy atom. The summed E-state index contributed by atoms with van der Waals surface area (Å²) in [7, 11) is 0. The number of primary amides is 1. The Labute approximate surface area is 149 Å². The average molecular weight is 353 g/mol. The molecule has 3 heterocycles. The predicted octanol–water partition coefficient (Wildman–Crippen LogP) is 2.18. The fourth-order valence-corrected chi connectivity index (χ4v) is 5.20. The van der Waals surface area contributed by atoms with E-state index in [4.69, 9.17) is 5.73 Å². The van der Waals surface area contributed by atoms with Gasteiger partial charge in [0, 0.05) is 42.4 Å². The number of amides is 1. The number of carbonyl (C=O) groups excluding carboxylic acids is 1. The number of halogens is 1. The van der Waals surface area contributed by atoms with Gasteiger partial charge in [0.1, 0.15) is 11.3 Å². The molecule has 2 aliphatic carbocycles. The fraction of sp³-hybridized carbons (Fsp3) is 0.474. The lowest BCUT2D eigenvalue weighted by Gasteiger charge is -2.36. The van der Waals surface area contributed by atoms with Crippen LogP contribution >= 0.6 is 0 Å². The van der Waals surface area contributed by atoms with E-state index in [1.54, 1.807) is 4.52 Å². The lowest BCUT2D eigenvalue weighted by Crippen LogP contribution is -2.40. The van der Waals surface area contributed by atoms with Crippen molar-refractivity contribution in [2.24, 2.45) is 11.7 Å². The van der Waals surface area contributed by atoms with Crippen molar-refractivity contribution in [2.45, 2.75) is 37.1 Å². The predicted molar refractivity (Wildman–Crippen MR) is 94.5 cm³/mol. The first-order valence-electron chi connectivity index (χ1n) is 9.30. The van der Waals surface area contributed by atoms with Gasteiger partial charge in [-0.2, -0.15) is 0 Å². The van der Waals surface area contributed by atoms with Crippen molar-refractivity contribution in [3.05, 3.63) is 35.3 Å². The van der Waals surface area contributed by atoms with Crippen LogP contribution in [-0.4, -0.2) is 44.5 Å². The van der Waals surface area contributed by atoms with Gasteiger partial charge in [-0.25, -0.2) is 13.9 Å². The first kappa shape index (κ1) is 14.7. The monoisotopic (exact) mass is 353 g/mol. The Balaban J connectivity index is 1.50. The number of likely N-dealkylation sites (tertiary alicyclic amines) is 1. The van der Waals surface area contributed by atoms with E-state index in [1.807, 2.05) is 6.20 Å². The van der Waals surface area contributed by atoms with Crippen LogP contribution in [0.5, 0.6) is 0 Å². The Morgan fingerprint density at radius 2 is 2.23 bits per heavy atom. The molecule has 134 valence electrons. The zero-order valence-electron chi connectivity index (χ0n) is 14.3. The van der Waals surface area contributed by atoms with Crippen LogP contribution in [0.1, 0.15) is 41.6 Å². The molecule has 1 aliphatic heterocycles. The summed E-state index contributed by atoms with van der Waals surface area (Å²) in [6.45, 7) is 2.25. The molecule has 7 heteroatoms. The number of rotatable bonds is 3. The second-order valence-electron chi connectivity index (χ2n) is 8.21. The van der Waals surface area contributed by atoms with Gasteiger partial charge in [0.15, 0.2) is 5.65 Å². The molecule has 3 N–H and O–H groups in total. The topological polar surface area (TPSA) is 79.4 Å². The van der Waals surface area contributed by atoms with Gasteiger partial charge in [0.05, 0.1) is 11.1 Å². The van der Waals surface area contributed by atoms with Crippen LogP contribution in [0, 0.1) is 11.7 Å². The number of hydrogen-bond acceptors (Lipinski definition) is 3. The molecule has 2 atom stereocenters. The first-order chi connectivity index (χ1) is 12.6. The lowest BCUT2D eigenvalue weighted by atomic mass is 9.90. The number of piperidine rings is 1. The summed E-state index contributed by atoms with van der Waals surface area (Å²) in [6.07, 6.45) is 7.18. The van der Waals surface area contributed by atoms with Gasteiger partial charge in [-0.05, 0) is 31.2 Å². The van der Waals surface area contributed by atoms with Crippen LogP contribution in [0.15, 0.2) is 18.3 Å². The van der Waals surface area contributed by atoms with E-state index in [1.165, 1.54) is 49.9 Å². The minimum Gasteiger partial charge on any atom is -0.366 e. The normalized spacial score (nSPS) is 28.6. The van der Waals surface area contributed by atoms with Gasteiger partial charge < -0.3 is 5.73 Å². The molecule has 1 aromatic carbocycles. The Bertz CT molecular complexity index is 1080. The van der Waals surface area contributed by atoms with E-state index in [9.17, 15) is 9.18 Å². The Kier molecular flexibility index (Phi) is 2.63. The maximum atomic E-state index is 13.9. The number of aromatic nitrogens is 3. The third-order valence-corrected chi connectivity index (χ3v) is 6.86. The van der Waals surface area contributed by atoms with Crippen molar-refractivity contribution in [3.63, 3.8) is 0 Å². The minimum absolute atomic E-state index is 0.156. The molecule has 0 radical (unpaired) electrons. The summed E-state index contributed by atoms with van der Waals surface area (Å²) in [5, 5.41) is 3.23. The molecule has 3 fully saturated rings. The first-order valence-corrected chi connectivity index (χ1v) is 9.30. The Hall–Kier alpha value is -2.41. The van der Waals surface area contributed by atoms with Crippen molar-refractivity contribution in [1.29, 1.82) is 0 Å². The second kappa shape index (κ2) is 4.65. The number of fused-ring (bicyclic) bond motifs is 4. The molecule has 2 unspecified atom stereocenters. The number of nitrogens with zero attached hydrogens (tertiary/aromatic N) is 3. The van der Waals surface area contributed by atoms with Gasteiger partial charge in [-0.15, -0.1) is 0 Å². The Morgan fingerprint density at radius 1 is 1.38 bits per heavy atom. The molecular weight excluding hydrogens is 333 g/mol. The number of nitrogens with two attached hydrogens (primary N) is 1. The molecule has 1 saturated heterocycles. The number of H-pyrrole nitrogens is 1. The third kappa shape index (κ3) is 1.74. The van der Waals surface area contributed by atoms with E-state index in [0.717, 1.165) is 18.2 Å². The summed E-state index contributed by atoms with van der Waals surface area (Å²) in [6, 6.07) is 3.30. The summed E-state index contributed by atoms with van der Waals surface area (Å²) in [5.41, 5.74) is 8.80. The molecule has 2 saturated carbocycles. The maximum absolute atomic E-state index is 13.9. The molecule has 1 amide bonds. The highest BCUT2D eigenvalue weighted by atomic mass is 19.1. The minimum atomic E-state index is -0.646. The molecule has 6 nitrogen and oxygen atoms in total. The van der Waals surface area contributed by atoms with Gasteiger partial charge in [0.2, 0.25) is 0 Å². The molecule has 0 bridgehead atoms. The van der Waals surface area contributed by atoms with Gasteiger partial charge in [0.25, 0.3) is 5.91 Å². The van der Waals surface area contributed by atoms with E-state index in [-0.39, 0.29) is 11.0 Å². The van der Waals surface area contributed by atoms with E-state index < -0.39 is 11.7 Å². The largest absolute Gasteiger partial charge is 0.366 e. The zero-order chi connectivity index (χ0) is 17.6. The highest BCUT2D eigenvalue weighted by Gasteiger charge is 2.62. The third-order valence-electron chi connectivity index (χ3n) is 6.86. The number of aromatic amines is 1.